The Balaban J connectivity index is 1.55. The Morgan fingerprint density at radius 1 is 0.833 bits per heavy atom. The first-order valence-corrected chi connectivity index (χ1v) is 9.61. The van der Waals surface area contributed by atoms with Crippen LogP contribution in [0.25, 0.3) is 0 Å². The Hall–Kier alpha value is -3.93. The van der Waals surface area contributed by atoms with E-state index in [2.05, 4.69) is 0 Å². The zero-order valence-electron chi connectivity index (χ0n) is 16.3. The molecule has 150 valence electrons. The predicted molar refractivity (Wildman–Crippen MR) is 111 cm³/mol. The first kappa shape index (κ1) is 19.4. The van der Waals surface area contributed by atoms with Crippen LogP contribution < -0.4 is 9.64 Å². The second-order valence-electron chi connectivity index (χ2n) is 6.75. The summed E-state index contributed by atoms with van der Waals surface area (Å²) in [5, 5.41) is 0. The van der Waals surface area contributed by atoms with Crippen molar-refractivity contribution in [3.63, 3.8) is 0 Å². The summed E-state index contributed by atoms with van der Waals surface area (Å²) in [5.74, 6) is -0.145. The van der Waals surface area contributed by atoms with E-state index in [9.17, 15) is 14.4 Å². The molecule has 3 aromatic rings. The van der Waals surface area contributed by atoms with Gasteiger partial charge < -0.3 is 9.47 Å². The summed E-state index contributed by atoms with van der Waals surface area (Å²) in [6.07, 6.45) is 0.700. The SMILES string of the molecule is CCCOC(=O)c1ccc2c(c1)C(=O)N(c1ccc(Oc3ccccc3)cc1)C2=O. The summed E-state index contributed by atoms with van der Waals surface area (Å²) in [6, 6.07) is 20.4. The maximum atomic E-state index is 12.9. The lowest BCUT2D eigenvalue weighted by atomic mass is 10.1. The fraction of sp³-hybridized carbons (Fsp3) is 0.125. The molecular formula is C24H19NO5. The molecule has 0 saturated carbocycles. The fourth-order valence-corrected chi connectivity index (χ4v) is 3.17. The molecule has 2 amide bonds. The summed E-state index contributed by atoms with van der Waals surface area (Å²) in [7, 11) is 0. The first-order chi connectivity index (χ1) is 14.6. The summed E-state index contributed by atoms with van der Waals surface area (Å²) in [5.41, 5.74) is 1.13. The Kier molecular flexibility index (Phi) is 5.30. The third kappa shape index (κ3) is 3.67. The molecule has 0 N–H and O–H groups in total. The van der Waals surface area contributed by atoms with Crippen LogP contribution in [0.4, 0.5) is 5.69 Å². The molecule has 0 bridgehead atoms. The van der Waals surface area contributed by atoms with Crippen molar-refractivity contribution in [2.45, 2.75) is 13.3 Å². The van der Waals surface area contributed by atoms with Crippen molar-refractivity contribution in [2.24, 2.45) is 0 Å². The van der Waals surface area contributed by atoms with Gasteiger partial charge in [0, 0.05) is 0 Å². The van der Waals surface area contributed by atoms with E-state index in [-0.39, 0.29) is 16.7 Å². The molecular weight excluding hydrogens is 382 g/mol. The van der Waals surface area contributed by atoms with Gasteiger partial charge in [-0.25, -0.2) is 9.69 Å². The Labute approximate surface area is 173 Å². The van der Waals surface area contributed by atoms with E-state index < -0.39 is 17.8 Å². The van der Waals surface area contributed by atoms with E-state index in [0.717, 1.165) is 4.90 Å². The Bertz CT molecular complexity index is 1110. The van der Waals surface area contributed by atoms with Crippen LogP contribution in [-0.4, -0.2) is 24.4 Å². The van der Waals surface area contributed by atoms with E-state index in [4.69, 9.17) is 9.47 Å². The Morgan fingerprint density at radius 2 is 1.50 bits per heavy atom. The quantitative estimate of drug-likeness (QED) is 0.436. The molecule has 6 nitrogen and oxygen atoms in total. The number of carbonyl (C=O) groups is 3. The van der Waals surface area contributed by atoms with Gasteiger partial charge in [-0.05, 0) is 61.0 Å². The van der Waals surface area contributed by atoms with Crippen LogP contribution >= 0.6 is 0 Å². The summed E-state index contributed by atoms with van der Waals surface area (Å²) >= 11 is 0. The van der Waals surface area contributed by atoms with Gasteiger partial charge in [-0.3, -0.25) is 9.59 Å². The number of fused-ring (bicyclic) bond motifs is 1. The number of rotatable bonds is 6. The summed E-state index contributed by atoms with van der Waals surface area (Å²) in [4.78, 5) is 38.9. The van der Waals surface area contributed by atoms with Gasteiger partial charge in [0.25, 0.3) is 11.8 Å². The summed E-state index contributed by atoms with van der Waals surface area (Å²) in [6.45, 7) is 2.19. The highest BCUT2D eigenvalue weighted by atomic mass is 16.5. The number of hydrogen-bond acceptors (Lipinski definition) is 5. The van der Waals surface area contributed by atoms with E-state index in [0.29, 0.717) is 30.2 Å². The lowest BCUT2D eigenvalue weighted by molar-refractivity contribution is 0.0505. The molecule has 0 radical (unpaired) electrons. The van der Waals surface area contributed by atoms with E-state index in [1.165, 1.54) is 18.2 Å². The normalized spacial score (nSPS) is 12.6. The maximum Gasteiger partial charge on any atom is 0.338 e. The van der Waals surface area contributed by atoms with E-state index in [1.54, 1.807) is 24.3 Å². The second kappa shape index (κ2) is 8.21. The van der Waals surface area contributed by atoms with Crippen molar-refractivity contribution < 1.29 is 23.9 Å². The molecule has 1 aliphatic rings. The summed E-state index contributed by atoms with van der Waals surface area (Å²) < 4.78 is 10.9. The monoisotopic (exact) mass is 401 g/mol. The minimum Gasteiger partial charge on any atom is -0.462 e. The standard InChI is InChI=1S/C24H19NO5/c1-2-14-29-24(28)16-8-13-20-21(15-16)23(27)25(22(20)26)17-9-11-19(12-10-17)30-18-6-4-3-5-7-18/h3-13,15H,2,14H2,1H3. The number of esters is 1. The van der Waals surface area contributed by atoms with Gasteiger partial charge in [-0.15, -0.1) is 0 Å². The van der Waals surface area contributed by atoms with Gasteiger partial charge in [0.15, 0.2) is 0 Å². The molecule has 1 heterocycles. The molecule has 0 atom stereocenters. The van der Waals surface area contributed by atoms with Crippen LogP contribution in [0.1, 0.15) is 44.4 Å². The number of hydrogen-bond donors (Lipinski definition) is 0. The van der Waals surface area contributed by atoms with Crippen LogP contribution in [0, 0.1) is 0 Å². The zero-order chi connectivity index (χ0) is 21.1. The van der Waals surface area contributed by atoms with Crippen molar-refractivity contribution >= 4 is 23.5 Å². The van der Waals surface area contributed by atoms with Crippen LogP contribution in [0.3, 0.4) is 0 Å². The highest BCUT2D eigenvalue weighted by Crippen LogP contribution is 2.31. The molecule has 30 heavy (non-hydrogen) atoms. The zero-order valence-corrected chi connectivity index (χ0v) is 16.3. The van der Waals surface area contributed by atoms with Gasteiger partial charge in [-0.2, -0.15) is 0 Å². The lowest BCUT2D eigenvalue weighted by Crippen LogP contribution is -2.29. The number of carbonyl (C=O) groups excluding carboxylic acids is 3. The van der Waals surface area contributed by atoms with Crippen LogP contribution in [0.5, 0.6) is 11.5 Å². The van der Waals surface area contributed by atoms with Gasteiger partial charge in [0.2, 0.25) is 0 Å². The third-order valence-electron chi connectivity index (χ3n) is 4.63. The molecule has 0 saturated heterocycles. The van der Waals surface area contributed by atoms with Gasteiger partial charge in [-0.1, -0.05) is 25.1 Å². The third-order valence-corrected chi connectivity index (χ3v) is 4.63. The van der Waals surface area contributed by atoms with Crippen molar-refractivity contribution in [3.05, 3.63) is 89.5 Å². The number of anilines is 1. The molecule has 0 aliphatic carbocycles. The van der Waals surface area contributed by atoms with Crippen LogP contribution in [0.15, 0.2) is 72.8 Å². The van der Waals surface area contributed by atoms with Crippen molar-refractivity contribution in [2.75, 3.05) is 11.5 Å². The largest absolute Gasteiger partial charge is 0.462 e. The molecule has 1 aliphatic heterocycles. The molecule has 6 heteroatoms. The van der Waals surface area contributed by atoms with Gasteiger partial charge in [0.1, 0.15) is 11.5 Å². The van der Waals surface area contributed by atoms with Crippen LogP contribution in [-0.2, 0) is 4.74 Å². The highest BCUT2D eigenvalue weighted by molar-refractivity contribution is 6.34. The smallest absolute Gasteiger partial charge is 0.338 e. The highest BCUT2D eigenvalue weighted by Gasteiger charge is 2.37. The predicted octanol–water partition coefficient (Wildman–Crippen LogP) is 4.85. The number of ether oxygens (including phenoxy) is 2. The maximum absolute atomic E-state index is 12.9. The van der Waals surface area contributed by atoms with Crippen molar-refractivity contribution in [3.8, 4) is 11.5 Å². The van der Waals surface area contributed by atoms with Crippen LogP contribution in [0.2, 0.25) is 0 Å². The average molecular weight is 401 g/mol. The van der Waals surface area contributed by atoms with Gasteiger partial charge in [0.05, 0.1) is 29.0 Å². The molecule has 3 aromatic carbocycles. The number of imide groups is 1. The van der Waals surface area contributed by atoms with Gasteiger partial charge >= 0.3 is 5.97 Å². The van der Waals surface area contributed by atoms with Crippen molar-refractivity contribution in [1.82, 2.24) is 0 Å². The second-order valence-corrected chi connectivity index (χ2v) is 6.75. The average Bonchev–Trinajstić information content (AvgIpc) is 3.03. The molecule has 0 unspecified atom stereocenters. The lowest BCUT2D eigenvalue weighted by Gasteiger charge is -2.14. The number of amides is 2. The van der Waals surface area contributed by atoms with E-state index >= 15 is 0 Å². The minimum atomic E-state index is -0.513. The first-order valence-electron chi connectivity index (χ1n) is 9.61. The molecule has 0 aromatic heterocycles. The molecule has 0 spiro atoms. The van der Waals surface area contributed by atoms with E-state index in [1.807, 2.05) is 37.3 Å². The number of para-hydroxylation sites is 1. The van der Waals surface area contributed by atoms with Crippen molar-refractivity contribution in [1.29, 1.82) is 0 Å². The topological polar surface area (TPSA) is 72.9 Å². The number of benzene rings is 3. The molecule has 0 fully saturated rings. The number of nitrogens with zero attached hydrogens (tertiary/aromatic N) is 1. The fourth-order valence-electron chi connectivity index (χ4n) is 3.17. The Morgan fingerprint density at radius 3 is 2.20 bits per heavy atom. The molecule has 4 rings (SSSR count). The minimum absolute atomic E-state index is 0.190.